The maximum absolute atomic E-state index is 11.5. The molecule has 0 atom stereocenters. The summed E-state index contributed by atoms with van der Waals surface area (Å²) >= 11 is 12.4. The van der Waals surface area contributed by atoms with Crippen LogP contribution in [0.3, 0.4) is 0 Å². The second-order valence-corrected chi connectivity index (χ2v) is 5.86. The zero-order valence-electron chi connectivity index (χ0n) is 12.0. The molecule has 0 amide bonds. The Morgan fingerprint density at radius 1 is 0.783 bits per heavy atom. The third-order valence-electron chi connectivity index (χ3n) is 3.55. The molecule has 0 heterocycles. The summed E-state index contributed by atoms with van der Waals surface area (Å²) in [6.45, 7) is 0. The average molecular weight is 343 g/mol. The van der Waals surface area contributed by atoms with Crippen molar-refractivity contribution in [3.8, 4) is 22.3 Å². The molecule has 0 unspecified atom stereocenters. The summed E-state index contributed by atoms with van der Waals surface area (Å²) < 4.78 is 0. The third-order valence-corrected chi connectivity index (χ3v) is 4.37. The molecule has 2 nitrogen and oxygen atoms in total. The van der Waals surface area contributed by atoms with E-state index in [0.29, 0.717) is 15.6 Å². The van der Waals surface area contributed by atoms with Gasteiger partial charge in [-0.25, -0.2) is 4.79 Å². The van der Waals surface area contributed by atoms with Crippen molar-refractivity contribution in [3.63, 3.8) is 0 Å². The summed E-state index contributed by atoms with van der Waals surface area (Å²) in [5.74, 6) is -0.984. The Labute approximate surface area is 143 Å². The van der Waals surface area contributed by atoms with Crippen molar-refractivity contribution in [2.45, 2.75) is 0 Å². The molecule has 114 valence electrons. The number of carboxylic acids is 1. The smallest absolute Gasteiger partial charge is 0.335 e. The number of carbonyl (C=O) groups is 1. The maximum Gasteiger partial charge on any atom is 0.335 e. The van der Waals surface area contributed by atoms with Crippen LogP contribution in [0.1, 0.15) is 10.4 Å². The quantitative estimate of drug-likeness (QED) is 0.631. The molecule has 0 saturated carbocycles. The molecule has 0 aliphatic heterocycles. The van der Waals surface area contributed by atoms with Crippen molar-refractivity contribution in [1.82, 2.24) is 0 Å². The van der Waals surface area contributed by atoms with Crippen molar-refractivity contribution >= 4 is 29.2 Å². The van der Waals surface area contributed by atoms with Crippen LogP contribution in [-0.2, 0) is 0 Å². The lowest BCUT2D eigenvalue weighted by Gasteiger charge is -2.10. The van der Waals surface area contributed by atoms with E-state index in [0.717, 1.165) is 16.7 Å². The first-order valence-electron chi connectivity index (χ1n) is 6.94. The van der Waals surface area contributed by atoms with Crippen LogP contribution in [0.15, 0.2) is 66.7 Å². The first-order valence-corrected chi connectivity index (χ1v) is 7.70. The lowest BCUT2D eigenvalue weighted by atomic mass is 9.96. The molecule has 3 aromatic rings. The van der Waals surface area contributed by atoms with Crippen molar-refractivity contribution in [2.75, 3.05) is 0 Å². The predicted octanol–water partition coefficient (Wildman–Crippen LogP) is 6.03. The highest BCUT2D eigenvalue weighted by Crippen LogP contribution is 2.36. The molecule has 3 rings (SSSR count). The van der Waals surface area contributed by atoms with Gasteiger partial charge in [0.2, 0.25) is 0 Å². The van der Waals surface area contributed by atoms with E-state index in [4.69, 9.17) is 23.2 Å². The predicted molar refractivity (Wildman–Crippen MR) is 94.3 cm³/mol. The lowest BCUT2D eigenvalue weighted by Crippen LogP contribution is -1.97. The summed E-state index contributed by atoms with van der Waals surface area (Å²) in [5.41, 5.74) is 3.39. The summed E-state index contributed by atoms with van der Waals surface area (Å²) in [7, 11) is 0. The van der Waals surface area contributed by atoms with E-state index in [1.807, 2.05) is 42.5 Å². The summed E-state index contributed by atoms with van der Waals surface area (Å²) in [6, 6.07) is 20.1. The second kappa shape index (κ2) is 6.45. The lowest BCUT2D eigenvalue weighted by molar-refractivity contribution is 0.0697. The van der Waals surface area contributed by atoms with Gasteiger partial charge < -0.3 is 5.11 Å². The van der Waals surface area contributed by atoms with E-state index in [-0.39, 0.29) is 5.56 Å². The molecule has 0 aliphatic rings. The Hall–Kier alpha value is -2.29. The van der Waals surface area contributed by atoms with Gasteiger partial charge in [0, 0.05) is 5.56 Å². The van der Waals surface area contributed by atoms with Crippen molar-refractivity contribution in [2.24, 2.45) is 0 Å². The minimum atomic E-state index is -0.984. The first kappa shape index (κ1) is 15.6. The van der Waals surface area contributed by atoms with Crippen molar-refractivity contribution in [1.29, 1.82) is 0 Å². The van der Waals surface area contributed by atoms with E-state index >= 15 is 0 Å². The molecule has 4 heteroatoms. The fourth-order valence-corrected chi connectivity index (χ4v) is 2.84. The second-order valence-electron chi connectivity index (χ2n) is 5.07. The van der Waals surface area contributed by atoms with Crippen LogP contribution >= 0.6 is 23.2 Å². The molecule has 0 fully saturated rings. The molecule has 0 spiro atoms. The normalized spacial score (nSPS) is 10.5. The van der Waals surface area contributed by atoms with Gasteiger partial charge in [0.1, 0.15) is 0 Å². The van der Waals surface area contributed by atoms with E-state index in [2.05, 4.69) is 0 Å². The van der Waals surface area contributed by atoms with Gasteiger partial charge in [0.05, 0.1) is 15.6 Å². The van der Waals surface area contributed by atoms with E-state index < -0.39 is 5.97 Å². The van der Waals surface area contributed by atoms with Crippen LogP contribution in [0.5, 0.6) is 0 Å². The molecular weight excluding hydrogens is 331 g/mol. The molecule has 0 saturated heterocycles. The summed E-state index contributed by atoms with van der Waals surface area (Å²) in [6.07, 6.45) is 0. The van der Waals surface area contributed by atoms with Gasteiger partial charge in [-0.1, -0.05) is 65.7 Å². The van der Waals surface area contributed by atoms with E-state index in [9.17, 15) is 9.90 Å². The third kappa shape index (κ3) is 3.24. The Kier molecular flexibility index (Phi) is 4.37. The molecule has 0 radical (unpaired) electrons. The minimum Gasteiger partial charge on any atom is -0.478 e. The molecule has 3 aromatic carbocycles. The van der Waals surface area contributed by atoms with Crippen LogP contribution in [0.25, 0.3) is 22.3 Å². The molecule has 0 aliphatic carbocycles. The zero-order chi connectivity index (χ0) is 16.4. The Morgan fingerprint density at radius 3 is 2.17 bits per heavy atom. The molecule has 23 heavy (non-hydrogen) atoms. The van der Waals surface area contributed by atoms with Crippen LogP contribution < -0.4 is 0 Å². The van der Waals surface area contributed by atoms with Crippen molar-refractivity contribution in [3.05, 3.63) is 82.3 Å². The van der Waals surface area contributed by atoms with Gasteiger partial charge in [0.15, 0.2) is 0 Å². The van der Waals surface area contributed by atoms with Gasteiger partial charge in [-0.15, -0.1) is 0 Å². The van der Waals surface area contributed by atoms with E-state index in [1.54, 1.807) is 24.3 Å². The number of benzene rings is 3. The van der Waals surface area contributed by atoms with Crippen LogP contribution in [0.2, 0.25) is 10.0 Å². The number of carboxylic acid groups (broad SMARTS) is 1. The molecular formula is C19H12Cl2O2. The van der Waals surface area contributed by atoms with Gasteiger partial charge in [0.25, 0.3) is 0 Å². The standard InChI is InChI=1S/C19H12Cl2O2/c20-17-8-4-7-16(18(17)21)14-9-13(10-15(11-14)19(22)23)12-5-2-1-3-6-12/h1-11H,(H,22,23). The monoisotopic (exact) mass is 342 g/mol. The summed E-state index contributed by atoms with van der Waals surface area (Å²) in [4.78, 5) is 11.5. The minimum absolute atomic E-state index is 0.206. The van der Waals surface area contributed by atoms with Gasteiger partial charge >= 0.3 is 5.97 Å². The molecule has 0 aromatic heterocycles. The van der Waals surface area contributed by atoms with Gasteiger partial charge in [-0.05, 0) is 41.0 Å². The number of halogens is 2. The highest BCUT2D eigenvalue weighted by atomic mass is 35.5. The Morgan fingerprint density at radius 2 is 1.48 bits per heavy atom. The topological polar surface area (TPSA) is 37.3 Å². The fraction of sp³-hybridized carbons (Fsp3) is 0. The number of hydrogen-bond acceptors (Lipinski definition) is 1. The fourth-order valence-electron chi connectivity index (χ4n) is 2.43. The van der Waals surface area contributed by atoms with Gasteiger partial charge in [-0.3, -0.25) is 0 Å². The maximum atomic E-state index is 11.5. The molecule has 0 bridgehead atoms. The average Bonchev–Trinajstić information content (AvgIpc) is 2.57. The van der Waals surface area contributed by atoms with E-state index in [1.165, 1.54) is 0 Å². The van der Waals surface area contributed by atoms with Crippen molar-refractivity contribution < 1.29 is 9.90 Å². The Bertz CT molecular complexity index is 874. The SMILES string of the molecule is O=C(O)c1cc(-c2ccccc2)cc(-c2cccc(Cl)c2Cl)c1. The summed E-state index contributed by atoms with van der Waals surface area (Å²) in [5, 5.41) is 10.2. The number of rotatable bonds is 3. The van der Waals surface area contributed by atoms with Crippen LogP contribution in [-0.4, -0.2) is 11.1 Å². The molecule has 1 N–H and O–H groups in total. The zero-order valence-corrected chi connectivity index (χ0v) is 13.5. The van der Waals surface area contributed by atoms with Crippen LogP contribution in [0, 0.1) is 0 Å². The largest absolute Gasteiger partial charge is 0.478 e. The first-order chi connectivity index (χ1) is 11.1. The number of hydrogen-bond donors (Lipinski definition) is 1. The highest BCUT2D eigenvalue weighted by Gasteiger charge is 2.12. The Balaban J connectivity index is 2.23. The van der Waals surface area contributed by atoms with Crippen LogP contribution in [0.4, 0.5) is 0 Å². The number of aromatic carboxylic acids is 1. The highest BCUT2D eigenvalue weighted by molar-refractivity contribution is 6.43. The van der Waals surface area contributed by atoms with Gasteiger partial charge in [-0.2, -0.15) is 0 Å².